The van der Waals surface area contributed by atoms with E-state index in [9.17, 15) is 10.2 Å². The van der Waals surface area contributed by atoms with Crippen molar-refractivity contribution in [3.05, 3.63) is 96.1 Å². The zero-order chi connectivity index (χ0) is 23.7. The van der Waals surface area contributed by atoms with Crippen molar-refractivity contribution in [1.82, 2.24) is 30.0 Å². The van der Waals surface area contributed by atoms with E-state index in [1.807, 2.05) is 86.6 Å². The van der Waals surface area contributed by atoms with Crippen molar-refractivity contribution < 1.29 is 27.3 Å². The minimum atomic E-state index is 0. The summed E-state index contributed by atoms with van der Waals surface area (Å²) in [4.78, 5) is 2.93. The Labute approximate surface area is 211 Å². The molecule has 8 nitrogen and oxygen atoms in total. The van der Waals surface area contributed by atoms with Gasteiger partial charge in [0.25, 0.3) is 0 Å². The predicted octanol–water partition coefficient (Wildman–Crippen LogP) is 4.87. The molecule has 6 aromatic rings. The first-order valence-electron chi connectivity index (χ1n) is 10.7. The third-order valence-corrected chi connectivity index (χ3v) is 5.27. The first-order valence-corrected chi connectivity index (χ1v) is 10.7. The Bertz CT molecular complexity index is 1440. The van der Waals surface area contributed by atoms with Crippen LogP contribution in [0.4, 0.5) is 0 Å². The molecule has 6 rings (SSSR count). The van der Waals surface area contributed by atoms with E-state index in [1.165, 1.54) is 9.59 Å². The first-order chi connectivity index (χ1) is 16.5. The quantitative estimate of drug-likeness (QED) is 0.320. The fraction of sp³-hybridized carbons (Fsp3) is 0.0769. The van der Waals surface area contributed by atoms with Gasteiger partial charge in [-0.15, -0.1) is 30.0 Å². The summed E-state index contributed by atoms with van der Waals surface area (Å²) in [5.74, 6) is 0.354. The average molecular weight is 514 g/mol. The van der Waals surface area contributed by atoms with E-state index in [0.717, 1.165) is 33.2 Å². The maximum Gasteiger partial charge on any atom is 0.143 e. The van der Waals surface area contributed by atoms with E-state index < -0.39 is 0 Å². The van der Waals surface area contributed by atoms with Crippen LogP contribution in [0.25, 0.3) is 33.4 Å². The zero-order valence-electron chi connectivity index (χ0n) is 19.0. The van der Waals surface area contributed by atoms with Gasteiger partial charge in [-0.2, -0.15) is 0 Å². The molecule has 0 atom stereocenters. The summed E-state index contributed by atoms with van der Waals surface area (Å²) in [6.45, 7) is 3.93. The van der Waals surface area contributed by atoms with Gasteiger partial charge in [0, 0.05) is 17.1 Å². The van der Waals surface area contributed by atoms with Crippen LogP contribution in [0.1, 0.15) is 11.1 Å². The molecule has 0 fully saturated rings. The van der Waals surface area contributed by atoms with Gasteiger partial charge in [0.15, 0.2) is 0 Å². The van der Waals surface area contributed by atoms with Crippen molar-refractivity contribution in [3.63, 3.8) is 0 Å². The third-order valence-electron chi connectivity index (χ3n) is 5.27. The third kappa shape index (κ3) is 5.01. The van der Waals surface area contributed by atoms with Crippen molar-refractivity contribution in [3.8, 4) is 22.9 Å². The van der Waals surface area contributed by atoms with Gasteiger partial charge in [0.2, 0.25) is 0 Å². The van der Waals surface area contributed by atoms with Crippen LogP contribution in [0.2, 0.25) is 0 Å². The molecule has 0 bridgehead atoms. The molecule has 0 saturated heterocycles. The van der Waals surface area contributed by atoms with Crippen molar-refractivity contribution in [2.75, 3.05) is 0 Å². The Balaban J connectivity index is 0.000000160. The number of nitrogens with zero attached hydrogens (tertiary/aromatic N) is 6. The Hall–Kier alpha value is -4.20. The largest absolute Gasteiger partial charge is 0.506 e. The van der Waals surface area contributed by atoms with E-state index in [1.54, 1.807) is 12.1 Å². The SMILES string of the molecule is Cc1ccc(O)c(-n2nc3ccccc3n2)c1.Cc1ccc(O)c(-n2nc3ccccc3n2)c1.[Cu]. The Morgan fingerprint density at radius 3 is 1.14 bits per heavy atom. The number of fused-ring (bicyclic) bond motifs is 2. The number of aromatic nitrogens is 6. The van der Waals surface area contributed by atoms with Gasteiger partial charge in [-0.05, 0) is 73.5 Å². The molecule has 0 spiro atoms. The van der Waals surface area contributed by atoms with Crippen molar-refractivity contribution in [2.24, 2.45) is 0 Å². The van der Waals surface area contributed by atoms with Gasteiger partial charge < -0.3 is 10.2 Å². The van der Waals surface area contributed by atoms with Crippen LogP contribution < -0.4 is 0 Å². The van der Waals surface area contributed by atoms with E-state index >= 15 is 0 Å². The molecule has 35 heavy (non-hydrogen) atoms. The van der Waals surface area contributed by atoms with Crippen LogP contribution in [-0.2, 0) is 17.1 Å². The number of benzene rings is 4. The minimum absolute atomic E-state index is 0. The monoisotopic (exact) mass is 513 g/mol. The maximum absolute atomic E-state index is 9.81. The zero-order valence-corrected chi connectivity index (χ0v) is 19.9. The number of phenols is 2. The summed E-state index contributed by atoms with van der Waals surface area (Å²) in [5, 5.41) is 36.9. The molecule has 4 aromatic carbocycles. The number of hydrogen-bond acceptors (Lipinski definition) is 6. The molecule has 2 heterocycles. The molecule has 9 heteroatoms. The molecule has 179 valence electrons. The van der Waals surface area contributed by atoms with E-state index in [2.05, 4.69) is 20.4 Å². The number of aryl methyl sites for hydroxylation is 2. The van der Waals surface area contributed by atoms with Gasteiger partial charge in [0.05, 0.1) is 0 Å². The summed E-state index contributed by atoms with van der Waals surface area (Å²) in [6.07, 6.45) is 0. The number of phenolic OH excluding ortho intramolecular Hbond substituents is 2. The van der Waals surface area contributed by atoms with Gasteiger partial charge in [-0.3, -0.25) is 0 Å². The van der Waals surface area contributed by atoms with Crippen LogP contribution in [-0.4, -0.2) is 40.2 Å². The fourth-order valence-corrected chi connectivity index (χ4v) is 3.52. The Morgan fingerprint density at radius 1 is 0.514 bits per heavy atom. The molecule has 2 aromatic heterocycles. The van der Waals surface area contributed by atoms with E-state index in [4.69, 9.17) is 0 Å². The van der Waals surface area contributed by atoms with Gasteiger partial charge >= 0.3 is 0 Å². The fourth-order valence-electron chi connectivity index (χ4n) is 3.52. The van der Waals surface area contributed by atoms with Crippen LogP contribution in [0.15, 0.2) is 84.9 Å². The molecule has 0 aliphatic heterocycles. The Kier molecular flexibility index (Phi) is 6.82. The maximum atomic E-state index is 9.81. The second-order valence-electron chi connectivity index (χ2n) is 7.94. The summed E-state index contributed by atoms with van der Waals surface area (Å²) in [7, 11) is 0. The number of rotatable bonds is 2. The van der Waals surface area contributed by atoms with Gasteiger partial charge in [-0.25, -0.2) is 0 Å². The van der Waals surface area contributed by atoms with E-state index in [-0.39, 0.29) is 28.6 Å². The molecule has 2 N–H and O–H groups in total. The second kappa shape index (κ2) is 9.97. The smallest absolute Gasteiger partial charge is 0.143 e. The van der Waals surface area contributed by atoms with Crippen molar-refractivity contribution in [1.29, 1.82) is 0 Å². The standard InChI is InChI=1S/2C13H11N3O.Cu/c2*1-9-6-7-13(17)12(8-9)16-14-10-4-2-3-5-11(10)15-16;/h2*2-8,17H,1H3;. The summed E-state index contributed by atoms with van der Waals surface area (Å²) in [6, 6.07) is 25.9. The summed E-state index contributed by atoms with van der Waals surface area (Å²) >= 11 is 0. The van der Waals surface area contributed by atoms with Gasteiger partial charge in [0.1, 0.15) is 44.9 Å². The Morgan fingerprint density at radius 2 is 0.829 bits per heavy atom. The van der Waals surface area contributed by atoms with Crippen molar-refractivity contribution >= 4 is 22.1 Å². The number of aromatic hydroxyl groups is 2. The van der Waals surface area contributed by atoms with Crippen LogP contribution in [0.5, 0.6) is 11.5 Å². The summed E-state index contributed by atoms with van der Waals surface area (Å²) in [5.41, 5.74) is 6.56. The normalized spacial score (nSPS) is 10.6. The molecular weight excluding hydrogens is 492 g/mol. The first kappa shape index (κ1) is 23.9. The minimum Gasteiger partial charge on any atom is -0.506 e. The second-order valence-corrected chi connectivity index (χ2v) is 7.94. The van der Waals surface area contributed by atoms with Crippen LogP contribution >= 0.6 is 0 Å². The van der Waals surface area contributed by atoms with Crippen LogP contribution in [0, 0.1) is 13.8 Å². The van der Waals surface area contributed by atoms with E-state index in [0.29, 0.717) is 11.4 Å². The van der Waals surface area contributed by atoms with Gasteiger partial charge in [-0.1, -0.05) is 36.4 Å². The molecular formula is C26H22CuN6O2. The topological polar surface area (TPSA) is 102 Å². The molecule has 0 aliphatic carbocycles. The van der Waals surface area contributed by atoms with Crippen molar-refractivity contribution in [2.45, 2.75) is 13.8 Å². The van der Waals surface area contributed by atoms with Crippen LogP contribution in [0.3, 0.4) is 0 Å². The summed E-state index contributed by atoms with van der Waals surface area (Å²) < 4.78 is 0. The number of hydrogen-bond donors (Lipinski definition) is 2. The predicted molar refractivity (Wildman–Crippen MR) is 131 cm³/mol. The molecule has 1 radical (unpaired) electrons. The molecule has 0 amide bonds. The average Bonchev–Trinajstić information content (AvgIpc) is 3.47. The molecule has 0 aliphatic rings. The molecule has 0 saturated carbocycles. The molecule has 0 unspecified atom stereocenters.